The first-order valence-electron chi connectivity index (χ1n) is 2.65. The van der Waals surface area contributed by atoms with Crippen molar-refractivity contribution in [2.24, 2.45) is 5.73 Å². The van der Waals surface area contributed by atoms with Crippen LogP contribution in [-0.2, 0) is 0 Å². The Morgan fingerprint density at radius 2 is 2.22 bits per heavy atom. The second-order valence-electron chi connectivity index (χ2n) is 2.02. The summed E-state index contributed by atoms with van der Waals surface area (Å²) >= 11 is 5.61. The maximum atomic E-state index is 9.04. The van der Waals surface area contributed by atoms with Gasteiger partial charge in [-0.05, 0) is 6.08 Å². The number of halogens is 1. The van der Waals surface area contributed by atoms with Crippen molar-refractivity contribution in [1.29, 1.82) is 0 Å². The highest BCUT2D eigenvalue weighted by molar-refractivity contribution is 6.25. The fourth-order valence-electron chi connectivity index (χ4n) is 0.619. The number of rotatable bonds is 0. The smallest absolute Gasteiger partial charge is 0.140 e. The molecule has 1 aliphatic carbocycles. The second kappa shape index (κ2) is 2.14. The summed E-state index contributed by atoms with van der Waals surface area (Å²) in [6.45, 7) is 0. The number of hydrogen-bond acceptors (Lipinski definition) is 2. The lowest BCUT2D eigenvalue weighted by Crippen LogP contribution is -2.43. The van der Waals surface area contributed by atoms with E-state index >= 15 is 0 Å². The van der Waals surface area contributed by atoms with Crippen LogP contribution in [0.2, 0.25) is 0 Å². The third kappa shape index (κ3) is 1.33. The normalized spacial score (nSPS) is 41.4. The van der Waals surface area contributed by atoms with Crippen LogP contribution in [0.15, 0.2) is 24.3 Å². The zero-order chi connectivity index (χ0) is 6.91. The van der Waals surface area contributed by atoms with Crippen LogP contribution in [0.25, 0.3) is 0 Å². The van der Waals surface area contributed by atoms with Gasteiger partial charge in [0.25, 0.3) is 0 Å². The highest BCUT2D eigenvalue weighted by Crippen LogP contribution is 2.18. The zero-order valence-corrected chi connectivity index (χ0v) is 5.55. The number of allylic oxidation sites excluding steroid dienone is 2. The Kier molecular flexibility index (Phi) is 1.62. The van der Waals surface area contributed by atoms with Gasteiger partial charge in [-0.2, -0.15) is 0 Å². The van der Waals surface area contributed by atoms with Crippen molar-refractivity contribution in [3.63, 3.8) is 0 Å². The highest BCUT2D eigenvalue weighted by Gasteiger charge is 2.27. The molecule has 0 spiro atoms. The summed E-state index contributed by atoms with van der Waals surface area (Å²) in [5.41, 5.74) is 5.40. The van der Waals surface area contributed by atoms with Crippen molar-refractivity contribution in [3.05, 3.63) is 24.3 Å². The van der Waals surface area contributed by atoms with Gasteiger partial charge in [0.15, 0.2) is 0 Å². The van der Waals surface area contributed by atoms with Crippen LogP contribution in [0, 0.1) is 0 Å². The first kappa shape index (κ1) is 6.81. The molecule has 2 atom stereocenters. The topological polar surface area (TPSA) is 46.2 Å². The molecule has 0 radical (unpaired) electrons. The summed E-state index contributed by atoms with van der Waals surface area (Å²) in [6, 6.07) is 0. The van der Waals surface area contributed by atoms with Crippen molar-refractivity contribution in [3.8, 4) is 0 Å². The van der Waals surface area contributed by atoms with Gasteiger partial charge in [-0.3, -0.25) is 0 Å². The SMILES string of the molecule is NC1(Cl)C=CC=CC1O. The molecule has 9 heavy (non-hydrogen) atoms. The molecule has 3 heteroatoms. The van der Waals surface area contributed by atoms with Gasteiger partial charge in [-0.1, -0.05) is 29.8 Å². The standard InChI is InChI=1S/C6H8ClNO/c7-6(8)4-2-1-3-5(6)9/h1-5,9H,8H2. The molecule has 2 unspecified atom stereocenters. The Hall–Kier alpha value is -0.310. The molecule has 1 aliphatic rings. The van der Waals surface area contributed by atoms with E-state index in [1.165, 1.54) is 0 Å². The van der Waals surface area contributed by atoms with Gasteiger partial charge in [-0.25, -0.2) is 0 Å². The van der Waals surface area contributed by atoms with Crippen LogP contribution in [0.1, 0.15) is 0 Å². The van der Waals surface area contributed by atoms with Gasteiger partial charge in [0.2, 0.25) is 0 Å². The minimum Gasteiger partial charge on any atom is -0.385 e. The maximum absolute atomic E-state index is 9.04. The molecule has 0 aromatic rings. The van der Waals surface area contributed by atoms with Gasteiger partial charge >= 0.3 is 0 Å². The van der Waals surface area contributed by atoms with Crippen LogP contribution in [0.4, 0.5) is 0 Å². The van der Waals surface area contributed by atoms with Crippen LogP contribution >= 0.6 is 11.6 Å². The van der Waals surface area contributed by atoms with Gasteiger partial charge in [-0.15, -0.1) is 0 Å². The molecule has 0 aliphatic heterocycles. The maximum Gasteiger partial charge on any atom is 0.140 e. The highest BCUT2D eigenvalue weighted by atomic mass is 35.5. The molecule has 0 bridgehead atoms. The summed E-state index contributed by atoms with van der Waals surface area (Å²) in [6.07, 6.45) is 5.74. The van der Waals surface area contributed by atoms with Crippen LogP contribution in [0.3, 0.4) is 0 Å². The van der Waals surface area contributed by atoms with E-state index in [9.17, 15) is 0 Å². The lowest BCUT2D eigenvalue weighted by molar-refractivity contribution is 0.191. The second-order valence-corrected chi connectivity index (χ2v) is 2.67. The number of aliphatic hydroxyl groups is 1. The Morgan fingerprint density at radius 1 is 1.56 bits per heavy atom. The minimum atomic E-state index is -1.10. The van der Waals surface area contributed by atoms with Crippen molar-refractivity contribution >= 4 is 11.6 Å². The number of alkyl halides is 1. The average Bonchev–Trinajstić information content (AvgIpc) is 1.77. The van der Waals surface area contributed by atoms with Gasteiger partial charge in [0.1, 0.15) is 11.1 Å². The summed E-state index contributed by atoms with van der Waals surface area (Å²) in [4.78, 5) is -1.10. The number of nitrogens with two attached hydrogens (primary N) is 1. The van der Waals surface area contributed by atoms with Gasteiger partial charge in [0.05, 0.1) is 0 Å². The molecule has 0 heterocycles. The Morgan fingerprint density at radius 3 is 2.56 bits per heavy atom. The molecule has 0 amide bonds. The molecule has 50 valence electrons. The van der Waals surface area contributed by atoms with Crippen LogP contribution in [0.5, 0.6) is 0 Å². The van der Waals surface area contributed by atoms with E-state index < -0.39 is 11.1 Å². The van der Waals surface area contributed by atoms with Crippen LogP contribution in [-0.4, -0.2) is 16.2 Å². The fraction of sp³-hybridized carbons (Fsp3) is 0.333. The van der Waals surface area contributed by atoms with Gasteiger partial charge < -0.3 is 10.8 Å². The Balaban J connectivity index is 2.78. The van der Waals surface area contributed by atoms with Crippen molar-refractivity contribution < 1.29 is 5.11 Å². The van der Waals surface area contributed by atoms with Crippen molar-refractivity contribution in [2.45, 2.75) is 11.1 Å². The van der Waals surface area contributed by atoms with E-state index in [1.807, 2.05) is 0 Å². The summed E-state index contributed by atoms with van der Waals surface area (Å²) in [5.74, 6) is 0. The average molecular weight is 146 g/mol. The van der Waals surface area contributed by atoms with Crippen LogP contribution < -0.4 is 5.73 Å². The van der Waals surface area contributed by atoms with E-state index in [4.69, 9.17) is 22.4 Å². The van der Waals surface area contributed by atoms with E-state index in [0.29, 0.717) is 0 Å². The van der Waals surface area contributed by atoms with Crippen molar-refractivity contribution in [1.82, 2.24) is 0 Å². The van der Waals surface area contributed by atoms with E-state index in [0.717, 1.165) is 0 Å². The predicted molar refractivity (Wildman–Crippen MR) is 37.1 cm³/mol. The van der Waals surface area contributed by atoms with E-state index in [1.54, 1.807) is 24.3 Å². The van der Waals surface area contributed by atoms with Crippen molar-refractivity contribution in [2.75, 3.05) is 0 Å². The molecule has 2 nitrogen and oxygen atoms in total. The summed E-state index contributed by atoms with van der Waals surface area (Å²) in [7, 11) is 0. The molecule has 0 aromatic carbocycles. The third-order valence-corrected chi connectivity index (χ3v) is 1.56. The molecule has 3 N–H and O–H groups in total. The zero-order valence-electron chi connectivity index (χ0n) is 4.79. The molecule has 0 aromatic heterocycles. The lowest BCUT2D eigenvalue weighted by Gasteiger charge is -2.23. The molecule has 0 saturated carbocycles. The minimum absolute atomic E-state index is 0.774. The number of hydrogen-bond donors (Lipinski definition) is 2. The largest absolute Gasteiger partial charge is 0.385 e. The van der Waals surface area contributed by atoms with Gasteiger partial charge in [0, 0.05) is 0 Å². The Labute approximate surface area is 58.6 Å². The molecule has 0 saturated heterocycles. The molecule has 0 fully saturated rings. The molecule has 1 rings (SSSR count). The first-order chi connectivity index (χ1) is 4.13. The van der Waals surface area contributed by atoms with E-state index in [2.05, 4.69) is 0 Å². The fourth-order valence-corrected chi connectivity index (χ4v) is 0.764. The summed E-state index contributed by atoms with van der Waals surface area (Å²) < 4.78 is 0. The molecular formula is C6H8ClNO. The molecular weight excluding hydrogens is 138 g/mol. The quantitative estimate of drug-likeness (QED) is 0.382. The summed E-state index contributed by atoms with van der Waals surface area (Å²) in [5, 5.41) is 9.04. The third-order valence-electron chi connectivity index (χ3n) is 1.21. The predicted octanol–water partition coefficient (Wildman–Crippen LogP) is 0.367. The Bertz CT molecular complexity index is 162. The first-order valence-corrected chi connectivity index (χ1v) is 3.02. The monoisotopic (exact) mass is 145 g/mol. The number of aliphatic hydroxyl groups excluding tert-OH is 1. The van der Waals surface area contributed by atoms with E-state index in [-0.39, 0.29) is 0 Å². The lowest BCUT2D eigenvalue weighted by atomic mass is 10.1.